The van der Waals surface area contributed by atoms with E-state index in [1.54, 1.807) is 0 Å². The fraction of sp³-hybridized carbons (Fsp3) is 0.667. The Morgan fingerprint density at radius 3 is 1.50 bits per heavy atom. The molecule has 1 unspecified atom stereocenters. The summed E-state index contributed by atoms with van der Waals surface area (Å²) in [5, 5.41) is 36.0. The van der Waals surface area contributed by atoms with Gasteiger partial charge in [0.2, 0.25) is 0 Å². The van der Waals surface area contributed by atoms with Crippen LogP contribution in [-0.2, 0) is 24.0 Å². The van der Waals surface area contributed by atoms with Gasteiger partial charge in [-0.25, -0.2) is 0 Å². The van der Waals surface area contributed by atoms with Crippen molar-refractivity contribution in [3.63, 3.8) is 0 Å². The maximum absolute atomic E-state index is 12.4. The first-order valence-electron chi connectivity index (χ1n) is 7.64. The number of Topliss-reactive ketones (excluding diaryl/α,β-unsaturated/α-hetero) is 1. The SMILES string of the molecule is CC(C)(C)C(=O)C(C(=O)O)N(CCN(CC(=O)O)CC(=O)O)CC(=O)O. The second-order valence-electron chi connectivity index (χ2n) is 6.72. The molecule has 148 valence electrons. The maximum Gasteiger partial charge on any atom is 0.328 e. The van der Waals surface area contributed by atoms with Crippen molar-refractivity contribution in [2.24, 2.45) is 5.41 Å². The van der Waals surface area contributed by atoms with Crippen molar-refractivity contribution in [1.82, 2.24) is 9.80 Å². The summed E-state index contributed by atoms with van der Waals surface area (Å²) in [6, 6.07) is -1.75. The van der Waals surface area contributed by atoms with E-state index in [-0.39, 0.29) is 13.1 Å². The number of carboxylic acids is 4. The molecule has 4 N–H and O–H groups in total. The van der Waals surface area contributed by atoms with Crippen LogP contribution in [0.25, 0.3) is 0 Å². The van der Waals surface area contributed by atoms with Crippen LogP contribution < -0.4 is 0 Å². The zero-order valence-corrected chi connectivity index (χ0v) is 14.8. The van der Waals surface area contributed by atoms with Crippen LogP contribution in [0.2, 0.25) is 0 Å². The molecule has 0 spiro atoms. The van der Waals surface area contributed by atoms with Crippen LogP contribution in [-0.4, -0.2) is 98.7 Å². The van der Waals surface area contributed by atoms with Crippen molar-refractivity contribution in [1.29, 1.82) is 0 Å². The Balaban J connectivity index is 5.46. The second kappa shape index (κ2) is 9.82. The van der Waals surface area contributed by atoms with Gasteiger partial charge in [-0.2, -0.15) is 0 Å². The molecule has 0 aromatic carbocycles. The lowest BCUT2D eigenvalue weighted by Crippen LogP contribution is -2.54. The molecule has 0 radical (unpaired) electrons. The Bertz CT molecular complexity index is 552. The number of nitrogens with zero attached hydrogens (tertiary/aromatic N) is 2. The molecule has 0 heterocycles. The van der Waals surface area contributed by atoms with Gasteiger partial charge in [0.05, 0.1) is 19.6 Å². The molecule has 0 rings (SSSR count). The average molecular weight is 376 g/mol. The zero-order chi connectivity index (χ0) is 20.7. The summed E-state index contributed by atoms with van der Waals surface area (Å²) in [7, 11) is 0. The van der Waals surface area contributed by atoms with Gasteiger partial charge >= 0.3 is 23.9 Å². The second-order valence-corrected chi connectivity index (χ2v) is 6.72. The quantitative estimate of drug-likeness (QED) is 0.305. The summed E-state index contributed by atoms with van der Waals surface area (Å²) in [4.78, 5) is 58.5. The molecule has 0 saturated heterocycles. The van der Waals surface area contributed by atoms with Crippen molar-refractivity contribution in [3.05, 3.63) is 0 Å². The highest BCUT2D eigenvalue weighted by atomic mass is 16.4. The molecule has 11 nitrogen and oxygen atoms in total. The number of carbonyl (C=O) groups is 5. The molecule has 0 saturated carbocycles. The van der Waals surface area contributed by atoms with E-state index in [1.807, 2.05) is 0 Å². The van der Waals surface area contributed by atoms with Crippen molar-refractivity contribution in [3.8, 4) is 0 Å². The van der Waals surface area contributed by atoms with E-state index in [4.69, 9.17) is 15.3 Å². The largest absolute Gasteiger partial charge is 0.480 e. The lowest BCUT2D eigenvalue weighted by atomic mass is 9.85. The Labute approximate surface area is 149 Å². The number of hydrogen-bond donors (Lipinski definition) is 4. The highest BCUT2D eigenvalue weighted by molar-refractivity contribution is 6.05. The highest BCUT2D eigenvalue weighted by Crippen LogP contribution is 2.20. The van der Waals surface area contributed by atoms with Crippen molar-refractivity contribution < 1.29 is 44.4 Å². The van der Waals surface area contributed by atoms with Crippen molar-refractivity contribution >= 4 is 29.7 Å². The normalized spacial score (nSPS) is 12.8. The Morgan fingerprint density at radius 2 is 1.19 bits per heavy atom. The molecule has 0 fully saturated rings. The van der Waals surface area contributed by atoms with E-state index in [1.165, 1.54) is 20.8 Å². The smallest absolute Gasteiger partial charge is 0.328 e. The summed E-state index contributed by atoms with van der Waals surface area (Å²) in [6.07, 6.45) is 0. The maximum atomic E-state index is 12.4. The van der Waals surface area contributed by atoms with E-state index in [2.05, 4.69) is 0 Å². The third-order valence-corrected chi connectivity index (χ3v) is 3.35. The molecule has 0 amide bonds. The fourth-order valence-corrected chi connectivity index (χ4v) is 2.18. The minimum Gasteiger partial charge on any atom is -0.480 e. The van der Waals surface area contributed by atoms with Crippen LogP contribution in [0.4, 0.5) is 0 Å². The van der Waals surface area contributed by atoms with Crippen molar-refractivity contribution in [2.45, 2.75) is 26.8 Å². The lowest BCUT2D eigenvalue weighted by Gasteiger charge is -2.32. The van der Waals surface area contributed by atoms with E-state index >= 15 is 0 Å². The highest BCUT2D eigenvalue weighted by Gasteiger charge is 2.39. The Hall–Kier alpha value is -2.53. The lowest BCUT2D eigenvalue weighted by molar-refractivity contribution is -0.154. The van der Waals surface area contributed by atoms with Gasteiger partial charge < -0.3 is 20.4 Å². The predicted molar refractivity (Wildman–Crippen MR) is 86.8 cm³/mol. The monoisotopic (exact) mass is 376 g/mol. The average Bonchev–Trinajstić information content (AvgIpc) is 2.41. The van der Waals surface area contributed by atoms with Gasteiger partial charge in [-0.1, -0.05) is 20.8 Å². The molecule has 11 heteroatoms. The first-order valence-corrected chi connectivity index (χ1v) is 7.64. The topological polar surface area (TPSA) is 173 Å². The number of hydrogen-bond acceptors (Lipinski definition) is 7. The third kappa shape index (κ3) is 8.53. The molecule has 0 bridgehead atoms. The van der Waals surface area contributed by atoms with Crippen LogP contribution in [0.5, 0.6) is 0 Å². The number of rotatable bonds is 12. The Morgan fingerprint density at radius 1 is 0.769 bits per heavy atom. The van der Waals surface area contributed by atoms with E-state index in [0.29, 0.717) is 0 Å². The summed E-state index contributed by atoms with van der Waals surface area (Å²) >= 11 is 0. The van der Waals surface area contributed by atoms with Gasteiger partial charge in [0.25, 0.3) is 0 Å². The standard InChI is InChI=1S/C15H24N2O9/c1-15(2,3)13(24)12(14(25)26)17(8-11(22)23)5-4-16(6-9(18)19)7-10(20)21/h12H,4-8H2,1-3H3,(H,18,19)(H,20,21)(H,22,23)(H,25,26). The summed E-state index contributed by atoms with van der Waals surface area (Å²) in [6.45, 7) is 1.89. The van der Waals surface area contributed by atoms with E-state index in [0.717, 1.165) is 9.80 Å². The number of carbonyl (C=O) groups excluding carboxylic acids is 1. The van der Waals surface area contributed by atoms with Crippen LogP contribution >= 0.6 is 0 Å². The fourth-order valence-electron chi connectivity index (χ4n) is 2.18. The van der Waals surface area contributed by atoms with Gasteiger partial charge in [0.1, 0.15) is 0 Å². The molecule has 0 aliphatic rings. The van der Waals surface area contributed by atoms with Gasteiger partial charge in [-0.3, -0.25) is 33.8 Å². The predicted octanol–water partition coefficient (Wildman–Crippen LogP) is -1.09. The van der Waals surface area contributed by atoms with Gasteiger partial charge in [-0.15, -0.1) is 0 Å². The van der Waals surface area contributed by atoms with Gasteiger partial charge in [0, 0.05) is 18.5 Å². The van der Waals surface area contributed by atoms with Gasteiger partial charge in [-0.05, 0) is 0 Å². The molecule has 0 aliphatic heterocycles. The van der Waals surface area contributed by atoms with E-state index in [9.17, 15) is 29.1 Å². The van der Waals surface area contributed by atoms with Crippen LogP contribution in [0, 0.1) is 5.41 Å². The Kier molecular flexibility index (Phi) is 8.87. The van der Waals surface area contributed by atoms with E-state index < -0.39 is 60.8 Å². The molecule has 0 aliphatic carbocycles. The third-order valence-electron chi connectivity index (χ3n) is 3.35. The number of ketones is 1. The number of carboxylic acid groups (broad SMARTS) is 4. The van der Waals surface area contributed by atoms with Crippen LogP contribution in [0.1, 0.15) is 20.8 Å². The zero-order valence-electron chi connectivity index (χ0n) is 14.8. The molecule has 26 heavy (non-hydrogen) atoms. The molecule has 0 aromatic heterocycles. The summed E-state index contributed by atoms with van der Waals surface area (Å²) in [5.41, 5.74) is -1.05. The van der Waals surface area contributed by atoms with Crippen molar-refractivity contribution in [2.75, 3.05) is 32.7 Å². The number of aliphatic carboxylic acids is 4. The first-order chi connectivity index (χ1) is 11.8. The molecule has 0 aromatic rings. The van der Waals surface area contributed by atoms with Crippen LogP contribution in [0.3, 0.4) is 0 Å². The first kappa shape index (κ1) is 23.5. The minimum atomic E-state index is -1.75. The summed E-state index contributed by atoms with van der Waals surface area (Å²) in [5.74, 6) is -6.21. The van der Waals surface area contributed by atoms with Gasteiger partial charge in [0.15, 0.2) is 11.8 Å². The molecular formula is C15H24N2O9. The molecular weight excluding hydrogens is 352 g/mol. The minimum absolute atomic E-state index is 0.243. The summed E-state index contributed by atoms with van der Waals surface area (Å²) < 4.78 is 0. The molecule has 1 atom stereocenters. The van der Waals surface area contributed by atoms with Crippen LogP contribution in [0.15, 0.2) is 0 Å².